The molecule has 2 amide bonds. The maximum Gasteiger partial charge on any atom is 0.319 e. The van der Waals surface area contributed by atoms with Crippen molar-refractivity contribution in [3.8, 4) is 11.5 Å². The number of nitrogens with one attached hydrogen (secondary N) is 2. The molecule has 1 atom stereocenters. The second-order valence-electron chi connectivity index (χ2n) is 6.18. The minimum Gasteiger partial charge on any atom is -0.454 e. The second-order valence-corrected chi connectivity index (χ2v) is 7.16. The molecular formula is C18H21N3O3S. The number of anilines is 1. The van der Waals surface area contributed by atoms with E-state index in [0.717, 1.165) is 13.1 Å². The highest BCUT2D eigenvalue weighted by Crippen LogP contribution is 2.34. The van der Waals surface area contributed by atoms with Gasteiger partial charge in [0.2, 0.25) is 6.79 Å². The molecule has 0 saturated carbocycles. The minimum atomic E-state index is -0.209. The number of hydrogen-bond donors (Lipinski definition) is 2. The molecule has 0 aliphatic carbocycles. The van der Waals surface area contributed by atoms with Crippen LogP contribution in [0.15, 0.2) is 35.7 Å². The highest BCUT2D eigenvalue weighted by atomic mass is 32.1. The molecule has 2 aliphatic rings. The first-order valence-corrected chi connectivity index (χ1v) is 9.39. The molecule has 0 spiro atoms. The summed E-state index contributed by atoms with van der Waals surface area (Å²) in [7, 11) is 0. The van der Waals surface area contributed by atoms with E-state index < -0.39 is 0 Å². The molecule has 1 aromatic heterocycles. The van der Waals surface area contributed by atoms with Gasteiger partial charge in [0.25, 0.3) is 0 Å². The van der Waals surface area contributed by atoms with Crippen LogP contribution in [-0.2, 0) is 0 Å². The summed E-state index contributed by atoms with van der Waals surface area (Å²) in [4.78, 5) is 16.0. The lowest BCUT2D eigenvalue weighted by atomic mass is 10.2. The number of thiophene rings is 1. The topological polar surface area (TPSA) is 62.8 Å². The van der Waals surface area contributed by atoms with Gasteiger partial charge in [0, 0.05) is 23.2 Å². The molecule has 2 N–H and O–H groups in total. The normalized spacial score (nSPS) is 17.4. The van der Waals surface area contributed by atoms with Gasteiger partial charge in [-0.15, -0.1) is 11.3 Å². The number of benzene rings is 1. The van der Waals surface area contributed by atoms with E-state index in [2.05, 4.69) is 33.0 Å². The van der Waals surface area contributed by atoms with E-state index in [1.807, 2.05) is 6.07 Å². The summed E-state index contributed by atoms with van der Waals surface area (Å²) in [6.07, 6.45) is 2.45. The van der Waals surface area contributed by atoms with Crippen LogP contribution in [0.3, 0.4) is 0 Å². The molecule has 6 nitrogen and oxygen atoms in total. The summed E-state index contributed by atoms with van der Waals surface area (Å²) in [5.41, 5.74) is 0.690. The molecule has 3 heterocycles. The second kappa shape index (κ2) is 7.33. The Morgan fingerprint density at radius 1 is 1.20 bits per heavy atom. The van der Waals surface area contributed by atoms with Crippen molar-refractivity contribution >= 4 is 23.1 Å². The maximum absolute atomic E-state index is 12.3. The number of urea groups is 1. The van der Waals surface area contributed by atoms with Crippen molar-refractivity contribution in [3.05, 3.63) is 40.6 Å². The van der Waals surface area contributed by atoms with Gasteiger partial charge in [0.1, 0.15) is 0 Å². The van der Waals surface area contributed by atoms with Crippen LogP contribution in [0.1, 0.15) is 23.8 Å². The standard InChI is InChI=1S/C18H21N3O3S/c22-18(20-13-5-6-15-16(10-13)24-12-23-15)19-11-14(17-4-3-9-25-17)21-7-1-2-8-21/h3-6,9-10,14H,1-2,7-8,11-12H2,(H2,19,20,22). The first-order valence-electron chi connectivity index (χ1n) is 8.51. The van der Waals surface area contributed by atoms with Crippen molar-refractivity contribution in [2.75, 3.05) is 31.7 Å². The Hall–Kier alpha value is -2.25. The molecule has 1 fully saturated rings. The average molecular weight is 359 g/mol. The van der Waals surface area contributed by atoms with Crippen LogP contribution in [0.2, 0.25) is 0 Å². The number of amides is 2. The maximum atomic E-state index is 12.3. The summed E-state index contributed by atoms with van der Waals surface area (Å²) in [6.45, 7) is 3.00. The zero-order valence-corrected chi connectivity index (χ0v) is 14.7. The van der Waals surface area contributed by atoms with E-state index in [9.17, 15) is 4.79 Å². The summed E-state index contributed by atoms with van der Waals surface area (Å²) >= 11 is 1.74. The fourth-order valence-corrected chi connectivity index (χ4v) is 4.14. The number of nitrogens with zero attached hydrogens (tertiary/aromatic N) is 1. The molecule has 132 valence electrons. The Morgan fingerprint density at radius 3 is 2.84 bits per heavy atom. The van der Waals surface area contributed by atoms with Gasteiger partial charge in [0.15, 0.2) is 11.5 Å². The van der Waals surface area contributed by atoms with Gasteiger partial charge in [-0.3, -0.25) is 4.90 Å². The predicted molar refractivity (Wildman–Crippen MR) is 97.5 cm³/mol. The van der Waals surface area contributed by atoms with Crippen LogP contribution in [-0.4, -0.2) is 37.4 Å². The summed E-state index contributed by atoms with van der Waals surface area (Å²) in [6, 6.07) is 9.63. The number of carbonyl (C=O) groups is 1. The van der Waals surface area contributed by atoms with Gasteiger partial charge < -0.3 is 20.1 Å². The molecule has 4 rings (SSSR count). The molecule has 1 aromatic carbocycles. The summed E-state index contributed by atoms with van der Waals surface area (Å²) < 4.78 is 10.6. The lowest BCUT2D eigenvalue weighted by Gasteiger charge is -2.26. The first-order chi connectivity index (χ1) is 12.3. The van der Waals surface area contributed by atoms with Crippen LogP contribution >= 0.6 is 11.3 Å². The molecule has 2 aliphatic heterocycles. The summed E-state index contributed by atoms with van der Waals surface area (Å²) in [5.74, 6) is 1.36. The van der Waals surface area contributed by atoms with Gasteiger partial charge in [-0.25, -0.2) is 4.79 Å². The molecule has 2 aromatic rings. The van der Waals surface area contributed by atoms with Crippen LogP contribution in [0.4, 0.5) is 10.5 Å². The highest BCUT2D eigenvalue weighted by molar-refractivity contribution is 7.10. The SMILES string of the molecule is O=C(NCC(c1cccs1)N1CCCC1)Nc1ccc2c(c1)OCO2. The molecule has 1 unspecified atom stereocenters. The Bertz CT molecular complexity index is 729. The van der Waals surface area contributed by atoms with E-state index in [4.69, 9.17) is 9.47 Å². The number of hydrogen-bond acceptors (Lipinski definition) is 5. The van der Waals surface area contributed by atoms with Gasteiger partial charge in [-0.05, 0) is 49.5 Å². The van der Waals surface area contributed by atoms with Gasteiger partial charge in [-0.1, -0.05) is 6.07 Å². The largest absolute Gasteiger partial charge is 0.454 e. The fraction of sp³-hybridized carbons (Fsp3) is 0.389. The number of carbonyl (C=O) groups excluding carboxylic acids is 1. The van der Waals surface area contributed by atoms with Crippen LogP contribution in [0.5, 0.6) is 11.5 Å². The van der Waals surface area contributed by atoms with Crippen molar-refractivity contribution in [3.63, 3.8) is 0 Å². The van der Waals surface area contributed by atoms with Crippen molar-refractivity contribution in [2.24, 2.45) is 0 Å². The molecule has 0 radical (unpaired) electrons. The molecule has 7 heteroatoms. The minimum absolute atomic E-state index is 0.209. The van der Waals surface area contributed by atoms with Gasteiger partial charge in [0.05, 0.1) is 6.04 Å². The van der Waals surface area contributed by atoms with Crippen LogP contribution in [0.25, 0.3) is 0 Å². The van der Waals surface area contributed by atoms with E-state index in [1.165, 1.54) is 17.7 Å². The predicted octanol–water partition coefficient (Wildman–Crippen LogP) is 3.44. The molecule has 25 heavy (non-hydrogen) atoms. The van der Waals surface area contributed by atoms with Crippen molar-refractivity contribution in [2.45, 2.75) is 18.9 Å². The quantitative estimate of drug-likeness (QED) is 0.858. The van der Waals surface area contributed by atoms with Crippen molar-refractivity contribution < 1.29 is 14.3 Å². The number of rotatable bonds is 5. The monoisotopic (exact) mass is 359 g/mol. The van der Waals surface area contributed by atoms with Crippen molar-refractivity contribution in [1.29, 1.82) is 0 Å². The van der Waals surface area contributed by atoms with E-state index >= 15 is 0 Å². The number of likely N-dealkylation sites (tertiary alicyclic amines) is 1. The molecule has 0 bridgehead atoms. The smallest absolute Gasteiger partial charge is 0.319 e. The van der Waals surface area contributed by atoms with Gasteiger partial charge in [-0.2, -0.15) is 0 Å². The van der Waals surface area contributed by atoms with Crippen LogP contribution < -0.4 is 20.1 Å². The first kappa shape index (κ1) is 16.2. The zero-order chi connectivity index (χ0) is 17.1. The van der Waals surface area contributed by atoms with E-state index in [1.54, 1.807) is 23.5 Å². The zero-order valence-electron chi connectivity index (χ0n) is 13.9. The lowest BCUT2D eigenvalue weighted by molar-refractivity contribution is 0.174. The lowest BCUT2D eigenvalue weighted by Crippen LogP contribution is -2.38. The van der Waals surface area contributed by atoms with Crippen LogP contribution in [0, 0.1) is 0 Å². The van der Waals surface area contributed by atoms with E-state index in [-0.39, 0.29) is 18.9 Å². The van der Waals surface area contributed by atoms with Gasteiger partial charge >= 0.3 is 6.03 Å². The fourth-order valence-electron chi connectivity index (χ4n) is 3.28. The molecular weight excluding hydrogens is 338 g/mol. The Kier molecular flexibility index (Phi) is 4.76. The Balaban J connectivity index is 1.36. The third kappa shape index (κ3) is 3.72. The van der Waals surface area contributed by atoms with Crippen molar-refractivity contribution in [1.82, 2.24) is 10.2 Å². The number of ether oxygens (including phenoxy) is 2. The third-order valence-corrected chi connectivity index (χ3v) is 5.51. The van der Waals surface area contributed by atoms with E-state index in [0.29, 0.717) is 23.7 Å². The number of fused-ring (bicyclic) bond motifs is 1. The average Bonchev–Trinajstić information content (AvgIpc) is 3.37. The molecule has 1 saturated heterocycles. The third-order valence-electron chi connectivity index (χ3n) is 4.54. The summed E-state index contributed by atoms with van der Waals surface area (Å²) in [5, 5.41) is 7.96. The Labute approximate surface area is 150 Å². The Morgan fingerprint density at radius 2 is 2.04 bits per heavy atom. The highest BCUT2D eigenvalue weighted by Gasteiger charge is 2.24.